The molecule has 0 bridgehead atoms. The van der Waals surface area contributed by atoms with Gasteiger partial charge in [0, 0.05) is 12.6 Å². The average Bonchev–Trinajstić information content (AvgIpc) is 3.39. The molecule has 1 unspecified atom stereocenters. The summed E-state index contributed by atoms with van der Waals surface area (Å²) >= 11 is 7.89. The Labute approximate surface area is 201 Å². The van der Waals surface area contributed by atoms with Crippen LogP contribution in [0.25, 0.3) is 22.2 Å². The summed E-state index contributed by atoms with van der Waals surface area (Å²) in [6.07, 6.45) is 0. The minimum Gasteiger partial charge on any atom is -0.415 e. The normalized spacial score (nSPS) is 24.1. The zero-order valence-corrected chi connectivity index (χ0v) is 20.1. The number of nitrogens with two attached hydrogens (primary N) is 1. The van der Waals surface area contributed by atoms with Crippen molar-refractivity contribution in [3.8, 4) is 28.3 Å². The van der Waals surface area contributed by atoms with Crippen molar-refractivity contribution in [2.24, 2.45) is 10.7 Å². The van der Waals surface area contributed by atoms with Crippen molar-refractivity contribution in [2.75, 3.05) is 26.0 Å². The quantitative estimate of drug-likeness (QED) is 0.580. The first-order valence-corrected chi connectivity index (χ1v) is 12.4. The third-order valence-corrected chi connectivity index (χ3v) is 9.19. The molecule has 0 radical (unpaired) electrons. The van der Waals surface area contributed by atoms with Crippen LogP contribution in [0.1, 0.15) is 17.4 Å². The molecule has 1 saturated heterocycles. The fourth-order valence-corrected chi connectivity index (χ4v) is 6.51. The average molecular weight is 503 g/mol. The molecular weight excluding hydrogens is 484 g/mol. The first kappa shape index (κ1) is 22.0. The zero-order chi connectivity index (χ0) is 23.4. The van der Waals surface area contributed by atoms with Crippen molar-refractivity contribution < 1.29 is 13.4 Å². The number of nitriles is 1. The van der Waals surface area contributed by atoms with Crippen molar-refractivity contribution in [1.82, 2.24) is 14.5 Å². The van der Waals surface area contributed by atoms with E-state index in [0.29, 0.717) is 34.9 Å². The maximum Gasteiger partial charge on any atom is 0.258 e. The summed E-state index contributed by atoms with van der Waals surface area (Å²) in [5.41, 5.74) is 6.20. The number of aliphatic imine (C=N–C) groups is 1. The molecule has 2 aliphatic heterocycles. The molecule has 4 heterocycles. The molecule has 2 aromatic heterocycles. The highest BCUT2D eigenvalue weighted by Gasteiger charge is 2.41. The van der Waals surface area contributed by atoms with Crippen molar-refractivity contribution >= 4 is 39.9 Å². The number of aromatic nitrogens is 2. The van der Waals surface area contributed by atoms with Crippen LogP contribution in [0.3, 0.4) is 0 Å². The topological polar surface area (TPSA) is 131 Å². The van der Waals surface area contributed by atoms with Crippen molar-refractivity contribution in [1.29, 1.82) is 5.26 Å². The number of guanidine groups is 1. The molecule has 33 heavy (non-hydrogen) atoms. The molecule has 3 aromatic rings. The number of ether oxygens (including phenoxy) is 1. The number of thiophene rings is 1. The summed E-state index contributed by atoms with van der Waals surface area (Å²) in [5, 5.41) is 18.3. The van der Waals surface area contributed by atoms with Gasteiger partial charge in [-0.25, -0.2) is 9.20 Å². The molecule has 0 amide bonds. The molecule has 2 N–H and O–H groups in total. The summed E-state index contributed by atoms with van der Waals surface area (Å²) in [4.78, 5) is 5.95. The summed E-state index contributed by atoms with van der Waals surface area (Å²) in [6, 6.07) is 11.5. The Hall–Kier alpha value is -2.78. The van der Waals surface area contributed by atoms with Gasteiger partial charge in [-0.15, -0.1) is 21.5 Å². The van der Waals surface area contributed by atoms with E-state index in [-0.39, 0.29) is 11.7 Å². The number of halogens is 1. The van der Waals surface area contributed by atoms with Crippen LogP contribution in [-0.4, -0.2) is 50.7 Å². The maximum atomic E-state index is 12.4. The maximum absolute atomic E-state index is 12.4. The lowest BCUT2D eigenvalue weighted by atomic mass is 9.80. The van der Waals surface area contributed by atoms with Gasteiger partial charge in [0.2, 0.25) is 11.9 Å². The van der Waals surface area contributed by atoms with Gasteiger partial charge in [0.1, 0.15) is 21.9 Å². The van der Waals surface area contributed by atoms with Gasteiger partial charge in [0.15, 0.2) is 0 Å². The largest absolute Gasteiger partial charge is 0.415 e. The van der Waals surface area contributed by atoms with E-state index in [4.69, 9.17) is 26.5 Å². The lowest BCUT2D eigenvalue weighted by Gasteiger charge is -2.35. The van der Waals surface area contributed by atoms with Crippen LogP contribution < -0.4 is 5.73 Å². The predicted molar refractivity (Wildman–Crippen MR) is 126 cm³/mol. The summed E-state index contributed by atoms with van der Waals surface area (Å²) < 4.78 is 25.0. The molecule has 0 aliphatic carbocycles. The fraction of sp³-hybridized carbons (Fsp3) is 0.333. The van der Waals surface area contributed by atoms with E-state index in [1.54, 1.807) is 13.1 Å². The van der Waals surface area contributed by atoms with Crippen molar-refractivity contribution in [3.63, 3.8) is 0 Å². The van der Waals surface area contributed by atoms with Gasteiger partial charge in [-0.1, -0.05) is 23.7 Å². The van der Waals surface area contributed by atoms with E-state index in [1.165, 1.54) is 15.6 Å². The number of hydrogen-bond donors (Lipinski definition) is 1. The molecule has 5 rings (SSSR count). The molecule has 2 atom stereocenters. The second kappa shape index (κ2) is 7.92. The predicted octanol–water partition coefficient (Wildman–Crippen LogP) is 3.05. The smallest absolute Gasteiger partial charge is 0.258 e. The third kappa shape index (κ3) is 3.63. The summed E-state index contributed by atoms with van der Waals surface area (Å²) in [6.45, 7) is 2.65. The first-order chi connectivity index (χ1) is 15.7. The Morgan fingerprint density at radius 1 is 1.27 bits per heavy atom. The Bertz CT molecular complexity index is 1320. The molecule has 2 aliphatic rings. The number of hydrogen-bond acceptors (Lipinski definition) is 9. The highest BCUT2D eigenvalue weighted by atomic mass is 35.5. The minimum atomic E-state index is -1.31. The van der Waals surface area contributed by atoms with Gasteiger partial charge in [-0.2, -0.15) is 5.26 Å². The standard InChI is InChI=1S/C21H19ClN6O3S2/c1-20(11-33(29)28(2)19(24)25-20)16-14(22)7-15(32-16)18-27-26-17(31-18)12-3-5-13(6-4-12)21(8-23)9-30-10-21/h3-7H,9-11H2,1-2H3,(H2,24,25)/t20-,33?/m0/s1. The second-order valence-electron chi connectivity index (χ2n) is 8.17. The Morgan fingerprint density at radius 3 is 2.58 bits per heavy atom. The summed E-state index contributed by atoms with van der Waals surface area (Å²) in [7, 11) is 0.332. The monoisotopic (exact) mass is 502 g/mol. The Balaban J connectivity index is 1.42. The van der Waals surface area contributed by atoms with Crippen LogP contribution in [0.4, 0.5) is 0 Å². The molecule has 9 nitrogen and oxygen atoms in total. The van der Waals surface area contributed by atoms with Crippen LogP contribution in [0.15, 0.2) is 39.7 Å². The Kier molecular flexibility index (Phi) is 5.29. The van der Waals surface area contributed by atoms with Gasteiger partial charge in [-0.3, -0.25) is 4.31 Å². The van der Waals surface area contributed by atoms with E-state index >= 15 is 0 Å². The van der Waals surface area contributed by atoms with Crippen LogP contribution in [0.5, 0.6) is 0 Å². The molecule has 0 spiro atoms. The van der Waals surface area contributed by atoms with Gasteiger partial charge in [-0.05, 0) is 30.7 Å². The number of nitrogens with zero attached hydrogens (tertiary/aromatic N) is 5. The fourth-order valence-electron chi connectivity index (χ4n) is 3.73. The SMILES string of the molecule is CN1C(N)=N[C@](C)(c2sc(-c3nnc(-c4ccc(C5(C#N)COC5)cc4)o3)cc2Cl)CS1=O. The van der Waals surface area contributed by atoms with E-state index in [2.05, 4.69) is 21.3 Å². The Morgan fingerprint density at radius 2 is 1.97 bits per heavy atom. The van der Waals surface area contributed by atoms with E-state index in [0.717, 1.165) is 16.0 Å². The van der Waals surface area contributed by atoms with Crippen LogP contribution in [0, 0.1) is 11.3 Å². The zero-order valence-electron chi connectivity index (χ0n) is 17.7. The highest BCUT2D eigenvalue weighted by Crippen LogP contribution is 2.43. The number of rotatable bonds is 4. The number of benzene rings is 1. The molecule has 170 valence electrons. The van der Waals surface area contributed by atoms with Gasteiger partial charge < -0.3 is 14.9 Å². The van der Waals surface area contributed by atoms with Crippen LogP contribution in [-0.2, 0) is 26.7 Å². The van der Waals surface area contributed by atoms with Gasteiger partial charge in [0.05, 0.1) is 39.8 Å². The molecule has 1 fully saturated rings. The lowest BCUT2D eigenvalue weighted by molar-refractivity contribution is -0.0298. The lowest BCUT2D eigenvalue weighted by Crippen LogP contribution is -2.47. The molecular formula is C21H19ClN6O3S2. The summed E-state index contributed by atoms with van der Waals surface area (Å²) in [5.74, 6) is 1.14. The van der Waals surface area contributed by atoms with Crippen LogP contribution in [0.2, 0.25) is 5.02 Å². The molecule has 12 heteroatoms. The van der Waals surface area contributed by atoms with Crippen molar-refractivity contribution in [3.05, 3.63) is 45.8 Å². The second-order valence-corrected chi connectivity index (χ2v) is 11.1. The van der Waals surface area contributed by atoms with E-state index in [9.17, 15) is 9.47 Å². The van der Waals surface area contributed by atoms with Crippen LogP contribution >= 0.6 is 22.9 Å². The van der Waals surface area contributed by atoms with Gasteiger partial charge >= 0.3 is 0 Å². The highest BCUT2D eigenvalue weighted by molar-refractivity contribution is 7.83. The van der Waals surface area contributed by atoms with E-state index < -0.39 is 21.9 Å². The first-order valence-electron chi connectivity index (χ1n) is 9.96. The van der Waals surface area contributed by atoms with E-state index in [1.807, 2.05) is 31.2 Å². The minimum absolute atomic E-state index is 0.197. The third-order valence-electron chi connectivity index (χ3n) is 5.80. The van der Waals surface area contributed by atoms with Crippen molar-refractivity contribution in [2.45, 2.75) is 17.9 Å². The van der Waals surface area contributed by atoms with Gasteiger partial charge in [0.25, 0.3) is 5.89 Å². The molecule has 0 saturated carbocycles. The molecule has 1 aromatic carbocycles.